The summed E-state index contributed by atoms with van der Waals surface area (Å²) in [5.41, 5.74) is 5.27. The molecule has 1 nitrogen and oxygen atoms in total. The lowest BCUT2D eigenvalue weighted by atomic mass is 10.3. The minimum absolute atomic E-state index is 0.244. The molecular formula is C5H11NS3. The molecule has 0 aromatic carbocycles. The smallest absolute Gasteiger partial charge is 0.141 e. The molecule has 0 heterocycles. The van der Waals surface area contributed by atoms with Gasteiger partial charge in [0, 0.05) is 4.75 Å². The number of rotatable bonds is 1. The average molecular weight is 181 g/mol. The van der Waals surface area contributed by atoms with Crippen molar-refractivity contribution in [2.24, 2.45) is 5.73 Å². The summed E-state index contributed by atoms with van der Waals surface area (Å²) in [6.07, 6.45) is 0. The molecule has 0 atom stereocenters. The maximum Gasteiger partial charge on any atom is 0.141 e. The SMILES string of the molecule is CC(C)(C)SSC(N)=S. The number of hydrogen-bond acceptors (Lipinski definition) is 3. The summed E-state index contributed by atoms with van der Waals surface area (Å²) in [7, 11) is 3.16. The van der Waals surface area contributed by atoms with Crippen LogP contribution in [0.25, 0.3) is 0 Å². The van der Waals surface area contributed by atoms with Gasteiger partial charge in [0.25, 0.3) is 0 Å². The Morgan fingerprint density at radius 3 is 2.00 bits per heavy atom. The van der Waals surface area contributed by atoms with Gasteiger partial charge in [0.1, 0.15) is 4.32 Å². The highest BCUT2D eigenvalue weighted by atomic mass is 33.1. The number of thiocarbonyl (C=S) groups is 1. The molecule has 54 valence electrons. The van der Waals surface area contributed by atoms with E-state index in [9.17, 15) is 0 Å². The van der Waals surface area contributed by atoms with E-state index in [0.29, 0.717) is 4.32 Å². The highest BCUT2D eigenvalue weighted by Crippen LogP contribution is 2.34. The summed E-state index contributed by atoms with van der Waals surface area (Å²) in [6, 6.07) is 0. The van der Waals surface area contributed by atoms with Gasteiger partial charge in [-0.3, -0.25) is 0 Å². The van der Waals surface area contributed by atoms with Crippen LogP contribution in [0.1, 0.15) is 20.8 Å². The molecular weight excluding hydrogens is 170 g/mol. The van der Waals surface area contributed by atoms with Crippen molar-refractivity contribution in [1.82, 2.24) is 0 Å². The molecule has 9 heavy (non-hydrogen) atoms. The van der Waals surface area contributed by atoms with Crippen LogP contribution in [0.4, 0.5) is 0 Å². The first-order chi connectivity index (χ1) is 3.92. The van der Waals surface area contributed by atoms with E-state index in [0.717, 1.165) is 0 Å². The van der Waals surface area contributed by atoms with Crippen molar-refractivity contribution in [2.45, 2.75) is 25.5 Å². The van der Waals surface area contributed by atoms with Crippen LogP contribution in [0.5, 0.6) is 0 Å². The van der Waals surface area contributed by atoms with Gasteiger partial charge in [-0.15, -0.1) is 0 Å². The van der Waals surface area contributed by atoms with E-state index in [1.54, 1.807) is 10.8 Å². The van der Waals surface area contributed by atoms with Crippen molar-refractivity contribution in [3.63, 3.8) is 0 Å². The van der Waals surface area contributed by atoms with Crippen molar-refractivity contribution in [2.75, 3.05) is 0 Å². The van der Waals surface area contributed by atoms with Crippen LogP contribution >= 0.6 is 33.8 Å². The Morgan fingerprint density at radius 1 is 1.44 bits per heavy atom. The molecule has 0 bridgehead atoms. The third-order valence-electron chi connectivity index (χ3n) is 0.374. The van der Waals surface area contributed by atoms with Crippen molar-refractivity contribution >= 4 is 38.1 Å². The zero-order valence-electron chi connectivity index (χ0n) is 5.80. The Morgan fingerprint density at radius 2 is 1.89 bits per heavy atom. The van der Waals surface area contributed by atoms with Gasteiger partial charge in [-0.2, -0.15) is 0 Å². The average Bonchev–Trinajstić information content (AvgIpc) is 1.59. The molecule has 4 heteroatoms. The molecule has 0 aliphatic heterocycles. The van der Waals surface area contributed by atoms with E-state index >= 15 is 0 Å². The van der Waals surface area contributed by atoms with Crippen molar-refractivity contribution < 1.29 is 0 Å². The molecule has 0 aliphatic carbocycles. The summed E-state index contributed by atoms with van der Waals surface area (Å²) in [5, 5.41) is 0. The first-order valence-corrected chi connectivity index (χ1v) is 5.13. The maximum absolute atomic E-state index is 5.27. The lowest BCUT2D eigenvalue weighted by molar-refractivity contribution is 0.810. The van der Waals surface area contributed by atoms with E-state index in [2.05, 4.69) is 33.0 Å². The van der Waals surface area contributed by atoms with Crippen molar-refractivity contribution in [3.8, 4) is 0 Å². The third kappa shape index (κ3) is 8.59. The van der Waals surface area contributed by atoms with Crippen LogP contribution in [-0.4, -0.2) is 9.07 Å². The van der Waals surface area contributed by atoms with Crippen LogP contribution in [0.2, 0.25) is 0 Å². The van der Waals surface area contributed by atoms with Crippen LogP contribution < -0.4 is 5.73 Å². The summed E-state index contributed by atoms with van der Waals surface area (Å²) >= 11 is 4.68. The van der Waals surface area contributed by atoms with Gasteiger partial charge in [-0.25, -0.2) is 0 Å². The molecule has 0 amide bonds. The first kappa shape index (κ1) is 9.59. The van der Waals surface area contributed by atoms with E-state index in [4.69, 9.17) is 5.73 Å². The molecule has 0 unspecified atom stereocenters. The monoisotopic (exact) mass is 181 g/mol. The van der Waals surface area contributed by atoms with Gasteiger partial charge in [0.15, 0.2) is 0 Å². The predicted molar refractivity (Wildman–Crippen MR) is 51.7 cm³/mol. The van der Waals surface area contributed by atoms with Crippen LogP contribution in [-0.2, 0) is 0 Å². The summed E-state index contributed by atoms with van der Waals surface area (Å²) in [5.74, 6) is 0. The molecule has 0 aromatic rings. The molecule has 0 radical (unpaired) electrons. The highest BCUT2D eigenvalue weighted by Gasteiger charge is 2.10. The summed E-state index contributed by atoms with van der Waals surface area (Å²) < 4.78 is 0.753. The fourth-order valence-electron chi connectivity index (χ4n) is 0.166. The lowest BCUT2D eigenvalue weighted by Crippen LogP contribution is -2.08. The molecule has 0 aromatic heterocycles. The minimum atomic E-state index is 0.244. The Labute approximate surface area is 69.5 Å². The number of hydrogen-bond donors (Lipinski definition) is 1. The van der Waals surface area contributed by atoms with E-state index in [1.807, 2.05) is 0 Å². The normalized spacial score (nSPS) is 11.4. The molecule has 0 saturated carbocycles. The maximum atomic E-state index is 5.27. The fourth-order valence-corrected chi connectivity index (χ4v) is 1.80. The Kier molecular flexibility index (Phi) is 3.93. The van der Waals surface area contributed by atoms with E-state index in [-0.39, 0.29) is 4.75 Å². The van der Waals surface area contributed by atoms with Crippen molar-refractivity contribution in [3.05, 3.63) is 0 Å². The van der Waals surface area contributed by atoms with Crippen molar-refractivity contribution in [1.29, 1.82) is 0 Å². The van der Waals surface area contributed by atoms with Gasteiger partial charge in [0.2, 0.25) is 0 Å². The molecule has 0 saturated heterocycles. The van der Waals surface area contributed by atoms with Crippen LogP contribution in [0.15, 0.2) is 0 Å². The minimum Gasteiger partial charge on any atom is -0.384 e. The zero-order chi connectivity index (χ0) is 7.49. The van der Waals surface area contributed by atoms with Gasteiger partial charge in [-0.05, 0) is 10.8 Å². The Bertz CT molecular complexity index is 105. The van der Waals surface area contributed by atoms with Gasteiger partial charge < -0.3 is 5.73 Å². The quantitative estimate of drug-likeness (QED) is 0.496. The molecule has 0 fully saturated rings. The summed E-state index contributed by atoms with van der Waals surface area (Å²) in [4.78, 5) is 0. The zero-order valence-corrected chi connectivity index (χ0v) is 8.25. The second-order valence-corrected chi connectivity index (χ2v) is 6.29. The predicted octanol–water partition coefficient (Wildman–Crippen LogP) is 2.41. The molecule has 2 N–H and O–H groups in total. The molecule has 0 spiro atoms. The second-order valence-electron chi connectivity index (χ2n) is 2.60. The topological polar surface area (TPSA) is 26.0 Å². The number of nitrogens with two attached hydrogens (primary N) is 1. The standard InChI is InChI=1S/C5H11NS3/c1-5(2,3)9-8-4(6)7/h1-3H3,(H2,6,7). The largest absolute Gasteiger partial charge is 0.384 e. The third-order valence-corrected chi connectivity index (χ3v) is 3.98. The van der Waals surface area contributed by atoms with Crippen LogP contribution in [0, 0.1) is 0 Å². The Balaban J connectivity index is 3.39. The van der Waals surface area contributed by atoms with Gasteiger partial charge >= 0.3 is 0 Å². The van der Waals surface area contributed by atoms with Gasteiger partial charge in [-0.1, -0.05) is 43.8 Å². The van der Waals surface area contributed by atoms with Gasteiger partial charge in [0.05, 0.1) is 0 Å². The first-order valence-electron chi connectivity index (χ1n) is 2.57. The second kappa shape index (κ2) is 3.68. The van der Waals surface area contributed by atoms with Crippen LogP contribution in [0.3, 0.4) is 0 Å². The molecule has 0 rings (SSSR count). The fraction of sp³-hybridized carbons (Fsp3) is 0.800. The highest BCUT2D eigenvalue weighted by molar-refractivity contribution is 8.84. The molecule has 0 aliphatic rings. The Hall–Kier alpha value is 0.590. The lowest BCUT2D eigenvalue weighted by Gasteiger charge is -2.14. The van der Waals surface area contributed by atoms with E-state index in [1.165, 1.54) is 10.8 Å². The summed E-state index contributed by atoms with van der Waals surface area (Å²) in [6.45, 7) is 6.38. The van der Waals surface area contributed by atoms with E-state index < -0.39 is 0 Å².